The minimum absolute atomic E-state index is 0.00295. The van der Waals surface area contributed by atoms with Crippen LogP contribution in [-0.2, 0) is 45.6 Å². The largest absolute Gasteiger partial charge is 0.472 e. The predicted octanol–water partition coefficient (Wildman–Crippen LogP) is 3.74. The van der Waals surface area contributed by atoms with Crippen molar-refractivity contribution in [1.29, 1.82) is 0 Å². The van der Waals surface area contributed by atoms with E-state index in [-0.39, 0.29) is 34.1 Å². The van der Waals surface area contributed by atoms with E-state index < -0.39 is 116 Å². The number of H-pyrrole nitrogens is 2. The number of nitrogens with zero attached hydrogens (tertiary/aromatic N) is 6. The first-order valence-corrected chi connectivity index (χ1v) is 28.0. The number of nitrogens with two attached hydrogens (primary N) is 1. The number of hydrogen-bond acceptors (Lipinski definition) is 17. The summed E-state index contributed by atoms with van der Waals surface area (Å²) < 4.78 is 80.7. The van der Waals surface area contributed by atoms with Crippen LogP contribution in [0.3, 0.4) is 0 Å². The second-order valence-corrected chi connectivity index (χ2v) is 30.6. The quantitative estimate of drug-likeness (QED) is 0.136. The van der Waals surface area contributed by atoms with Gasteiger partial charge in [0.1, 0.15) is 42.4 Å². The second-order valence-electron chi connectivity index (χ2n) is 18.2. The number of fused-ring (bicyclic) bond motifs is 4. The normalized spacial score (nSPS) is 32.5. The molecule has 10 atom stereocenters. The van der Waals surface area contributed by atoms with Crippen molar-refractivity contribution in [1.82, 2.24) is 39.0 Å². The lowest BCUT2D eigenvalue weighted by Gasteiger charge is -2.41. The third-order valence-corrected chi connectivity index (χ3v) is 22.8. The van der Waals surface area contributed by atoms with Gasteiger partial charge < -0.3 is 38.8 Å². The number of aromatic nitrogens is 8. The van der Waals surface area contributed by atoms with Crippen LogP contribution < -0.4 is 16.9 Å². The molecule has 0 aromatic carbocycles. The van der Waals surface area contributed by atoms with Gasteiger partial charge in [0.25, 0.3) is 11.1 Å². The Kier molecular flexibility index (Phi) is 11.5. The van der Waals surface area contributed by atoms with Crippen molar-refractivity contribution in [2.45, 2.75) is 134 Å². The van der Waals surface area contributed by atoms with Crippen LogP contribution in [0.2, 0.25) is 36.3 Å². The Labute approximate surface area is 346 Å². The fourth-order valence-corrected chi connectivity index (χ4v) is 11.2. The zero-order valence-corrected chi connectivity index (χ0v) is 38.9. The molecule has 0 radical (unpaired) electrons. The molecule has 3 aliphatic rings. The predicted molar refractivity (Wildman–Crippen MR) is 219 cm³/mol. The average molecular weight is 918 g/mol. The molecule has 6 N–H and O–H groups in total. The highest BCUT2D eigenvalue weighted by atomic mass is 31.2. The number of phosphoric ester groups is 2. The number of rotatable bonds is 6. The Bertz CT molecular complexity index is 2330. The van der Waals surface area contributed by atoms with Gasteiger partial charge in [0, 0.05) is 0 Å². The SMILES string of the molecule is Cc1nc2c(ncn2[C@@H]2O[C@@H]3COP(=O)(O)OC4[C@@H](COP(=O)(O)OC3[C@@H]2O[Si](C)(C)C(C)(C)C)O[C@@H](n2cnc3c(=O)[nH]c(N)nc32)[C@H]4O[Si](C)(C)C(C)(C)C)c(=O)[nH]1. The lowest BCUT2D eigenvalue weighted by atomic mass is 10.1. The summed E-state index contributed by atoms with van der Waals surface area (Å²) in [6.45, 7) is 19.8. The Morgan fingerprint density at radius 3 is 1.57 bits per heavy atom. The molecule has 4 aromatic rings. The monoisotopic (exact) mass is 917 g/mol. The van der Waals surface area contributed by atoms with Crippen molar-refractivity contribution in [3.05, 3.63) is 39.2 Å². The molecule has 0 saturated carbocycles. The number of nitrogen functional groups attached to an aromatic ring is 1. The van der Waals surface area contributed by atoms with Gasteiger partial charge in [-0.1, -0.05) is 41.5 Å². The maximum Gasteiger partial charge on any atom is 0.472 e. The zero-order valence-electron chi connectivity index (χ0n) is 35.1. The van der Waals surface area contributed by atoms with E-state index in [1.165, 1.54) is 21.8 Å². The summed E-state index contributed by atoms with van der Waals surface area (Å²) in [5.41, 5.74) is 4.82. The molecule has 7 rings (SSSR count). The first kappa shape index (κ1) is 45.0. The maximum absolute atomic E-state index is 14.1. The second kappa shape index (κ2) is 15.4. The number of ether oxygens (including phenoxy) is 2. The summed E-state index contributed by atoms with van der Waals surface area (Å²) in [5.74, 6) is 0.0758. The van der Waals surface area contributed by atoms with Crippen molar-refractivity contribution in [3.63, 3.8) is 0 Å². The number of phosphoric acid groups is 2. The van der Waals surface area contributed by atoms with E-state index in [2.05, 4.69) is 29.9 Å². The maximum atomic E-state index is 14.1. The van der Waals surface area contributed by atoms with Crippen LogP contribution in [0.5, 0.6) is 0 Å². The van der Waals surface area contributed by atoms with E-state index in [4.69, 9.17) is 42.2 Å². The lowest BCUT2D eigenvalue weighted by molar-refractivity contribution is -0.0663. The number of hydrogen-bond donors (Lipinski definition) is 5. The summed E-state index contributed by atoms with van der Waals surface area (Å²) in [5, 5.41) is -0.794. The highest BCUT2D eigenvalue weighted by molar-refractivity contribution is 7.47. The van der Waals surface area contributed by atoms with Crippen molar-refractivity contribution in [2.75, 3.05) is 18.9 Å². The molecule has 0 bridgehead atoms. The van der Waals surface area contributed by atoms with Crippen LogP contribution in [0.1, 0.15) is 59.8 Å². The van der Waals surface area contributed by atoms with Gasteiger partial charge in [-0.25, -0.2) is 24.1 Å². The number of imidazole rings is 2. The molecule has 60 heavy (non-hydrogen) atoms. The average Bonchev–Trinajstić information content (AvgIpc) is 3.86. The molecular weight excluding hydrogens is 865 g/mol. The van der Waals surface area contributed by atoms with E-state index in [0.29, 0.717) is 0 Å². The van der Waals surface area contributed by atoms with Gasteiger partial charge in [-0.2, -0.15) is 4.98 Å². The first-order chi connectivity index (χ1) is 27.6. The van der Waals surface area contributed by atoms with Gasteiger partial charge in [0.15, 0.2) is 51.4 Å². The fraction of sp³-hybridized carbons (Fsp3) is 0.697. The molecule has 4 unspecified atom stereocenters. The van der Waals surface area contributed by atoms with Gasteiger partial charge in [0.05, 0.1) is 25.9 Å². The van der Waals surface area contributed by atoms with E-state index in [1.54, 1.807) is 6.92 Å². The van der Waals surface area contributed by atoms with Gasteiger partial charge in [-0.3, -0.25) is 41.8 Å². The van der Waals surface area contributed by atoms with Gasteiger partial charge in [0.2, 0.25) is 5.95 Å². The first-order valence-electron chi connectivity index (χ1n) is 19.2. The van der Waals surface area contributed by atoms with Crippen molar-refractivity contribution in [3.8, 4) is 0 Å². The Balaban J connectivity index is 1.29. The molecule has 27 heteroatoms. The summed E-state index contributed by atoms with van der Waals surface area (Å²) in [6.07, 6.45) is -8.02. The topological polar surface area (TPSA) is 302 Å². The van der Waals surface area contributed by atoms with E-state index in [0.717, 1.165) is 0 Å². The van der Waals surface area contributed by atoms with Crippen LogP contribution in [0, 0.1) is 6.92 Å². The third-order valence-electron chi connectivity index (χ3n) is 11.9. The van der Waals surface area contributed by atoms with Gasteiger partial charge >= 0.3 is 15.6 Å². The highest BCUT2D eigenvalue weighted by Crippen LogP contribution is 2.56. The number of anilines is 1. The molecule has 3 aliphatic heterocycles. The van der Waals surface area contributed by atoms with Crippen molar-refractivity contribution < 1.29 is 55.3 Å². The van der Waals surface area contributed by atoms with E-state index in [9.17, 15) is 28.5 Å². The van der Waals surface area contributed by atoms with Crippen LogP contribution in [0.15, 0.2) is 22.2 Å². The Morgan fingerprint density at radius 1 is 0.750 bits per heavy atom. The third kappa shape index (κ3) is 8.54. The molecule has 0 aliphatic carbocycles. The fourth-order valence-electron chi connectivity index (χ4n) is 6.73. The summed E-state index contributed by atoms with van der Waals surface area (Å²) in [6, 6.07) is 0. The highest BCUT2D eigenvalue weighted by Gasteiger charge is 2.58. The molecule has 23 nitrogen and oxygen atoms in total. The number of aromatic amines is 2. The molecule has 3 fully saturated rings. The smallest absolute Gasteiger partial charge is 0.407 e. The Hall–Kier alpha value is -3.01. The standard InChI is InChI=1S/C33H53N9O14P2Si2/c1-16-37-25-19(27(43)38-16)35-14-41(25)29-23(55-59(8,9)32(2,3)4)21-17(51-29)12-49-58(47,48)54-22-18(13-50-57(45,46)53-21)52-30(24(22)56-60(10,11)33(5,6)7)42-15-36-20-26(42)39-31(34)40-28(20)44/h14-15,17-18,21-24,29-30H,12-13H2,1-11H3,(H,45,46)(H,47,48)(H,37,38,43)(H3,34,39,40,44)/t17-,18-,21?,22?,23+,24+,29-,30-/m1/s1. The molecule has 4 aromatic heterocycles. The minimum Gasteiger partial charge on any atom is -0.407 e. The molecule has 3 saturated heterocycles. The number of aryl methyl sites for hydroxylation is 1. The molecular formula is C33H53N9O14P2Si2. The van der Waals surface area contributed by atoms with Crippen molar-refractivity contribution in [2.24, 2.45) is 0 Å². The van der Waals surface area contributed by atoms with E-state index >= 15 is 0 Å². The van der Waals surface area contributed by atoms with Gasteiger partial charge in [-0.15, -0.1) is 0 Å². The zero-order chi connectivity index (χ0) is 44.1. The molecule has 0 spiro atoms. The molecule has 7 heterocycles. The minimum atomic E-state index is -5.11. The molecule has 0 amide bonds. The Morgan fingerprint density at radius 2 is 1.15 bits per heavy atom. The lowest BCUT2D eigenvalue weighted by Crippen LogP contribution is -2.50. The van der Waals surface area contributed by atoms with Crippen LogP contribution in [0.4, 0.5) is 5.95 Å². The van der Waals surface area contributed by atoms with Gasteiger partial charge in [-0.05, 0) is 43.2 Å². The van der Waals surface area contributed by atoms with Crippen LogP contribution in [0.25, 0.3) is 22.3 Å². The summed E-state index contributed by atoms with van der Waals surface area (Å²) >= 11 is 0. The van der Waals surface area contributed by atoms with Crippen LogP contribution >= 0.6 is 15.6 Å². The summed E-state index contributed by atoms with van der Waals surface area (Å²) in [7, 11) is -15.8. The summed E-state index contributed by atoms with van der Waals surface area (Å²) in [4.78, 5) is 70.7. The van der Waals surface area contributed by atoms with Crippen LogP contribution in [-0.4, -0.2) is 115 Å². The van der Waals surface area contributed by atoms with E-state index in [1.807, 2.05) is 67.7 Å². The number of nitrogens with one attached hydrogen (secondary N) is 2. The van der Waals surface area contributed by atoms with Crippen molar-refractivity contribution >= 4 is 60.6 Å². The molecule has 332 valence electrons.